The van der Waals surface area contributed by atoms with Crippen molar-refractivity contribution in [3.8, 4) is 0 Å². The molecule has 1 aliphatic rings. The van der Waals surface area contributed by atoms with Gasteiger partial charge in [-0.15, -0.1) is 12.4 Å². The first-order chi connectivity index (χ1) is 6.30. The molecule has 3 nitrogen and oxygen atoms in total. The minimum absolute atomic E-state index is 0. The quantitative estimate of drug-likeness (QED) is 0.486. The Hall–Kier alpha value is -0.440. The maximum Gasteiger partial charge on any atom is 0.188 e. The van der Waals surface area contributed by atoms with E-state index < -0.39 is 0 Å². The summed E-state index contributed by atoms with van der Waals surface area (Å²) in [5.74, 6) is 0.251. The Balaban J connectivity index is 0.00000169. The van der Waals surface area contributed by atoms with Gasteiger partial charge in [-0.1, -0.05) is 32.1 Å². The lowest BCUT2D eigenvalue weighted by Gasteiger charge is -2.23. The van der Waals surface area contributed by atoms with E-state index in [-0.39, 0.29) is 18.4 Å². The zero-order chi connectivity index (χ0) is 9.52. The van der Waals surface area contributed by atoms with E-state index in [0.29, 0.717) is 0 Å². The molecule has 0 atom stereocenters. The third kappa shape index (κ3) is 5.32. The van der Waals surface area contributed by atoms with Crippen LogP contribution in [-0.2, 0) is 0 Å². The first-order valence-electron chi connectivity index (χ1n) is 5.39. The van der Waals surface area contributed by atoms with Crippen LogP contribution in [0.15, 0.2) is 0 Å². The summed E-state index contributed by atoms with van der Waals surface area (Å²) in [4.78, 5) is 2.01. The number of nitrogens with two attached hydrogens (primary N) is 1. The average Bonchev–Trinajstić information content (AvgIpc) is 2.14. The average molecular weight is 220 g/mol. The minimum Gasteiger partial charge on any atom is -0.370 e. The van der Waals surface area contributed by atoms with Gasteiger partial charge in [0.1, 0.15) is 0 Å². The second-order valence-electron chi connectivity index (χ2n) is 3.85. The molecule has 84 valence electrons. The highest BCUT2D eigenvalue weighted by Crippen LogP contribution is 2.11. The smallest absolute Gasteiger partial charge is 0.188 e. The summed E-state index contributed by atoms with van der Waals surface area (Å²) in [6.07, 6.45) is 9.07. The molecule has 14 heavy (non-hydrogen) atoms. The van der Waals surface area contributed by atoms with Crippen molar-refractivity contribution in [1.82, 2.24) is 4.90 Å². The molecule has 0 unspecified atom stereocenters. The highest BCUT2D eigenvalue weighted by molar-refractivity contribution is 5.85. The van der Waals surface area contributed by atoms with E-state index in [1.165, 1.54) is 44.9 Å². The molecule has 0 aromatic rings. The molecule has 1 rings (SSSR count). The summed E-state index contributed by atoms with van der Waals surface area (Å²) in [5.41, 5.74) is 5.49. The van der Waals surface area contributed by atoms with Crippen molar-refractivity contribution in [3.63, 3.8) is 0 Å². The lowest BCUT2D eigenvalue weighted by atomic mass is 10.1. The van der Waals surface area contributed by atoms with Crippen LogP contribution in [0.4, 0.5) is 0 Å². The molecule has 0 amide bonds. The number of nitrogens with one attached hydrogen (secondary N) is 1. The molecular weight excluding hydrogens is 198 g/mol. The number of guanidine groups is 1. The molecule has 0 bridgehead atoms. The van der Waals surface area contributed by atoms with Crippen LogP contribution in [0.25, 0.3) is 0 Å². The Morgan fingerprint density at radius 2 is 1.21 bits per heavy atom. The fraction of sp³-hybridized carbons (Fsp3) is 0.900. The zero-order valence-electron chi connectivity index (χ0n) is 8.80. The minimum atomic E-state index is 0. The van der Waals surface area contributed by atoms with Crippen LogP contribution in [0, 0.1) is 5.41 Å². The number of nitrogens with zero attached hydrogens (tertiary/aromatic N) is 1. The molecule has 0 radical (unpaired) electrons. The van der Waals surface area contributed by atoms with Crippen LogP contribution in [0.3, 0.4) is 0 Å². The molecule has 0 aromatic heterocycles. The molecule has 3 N–H and O–H groups in total. The summed E-state index contributed by atoms with van der Waals surface area (Å²) in [5, 5.41) is 7.39. The van der Waals surface area contributed by atoms with E-state index in [9.17, 15) is 0 Å². The molecule has 1 heterocycles. The van der Waals surface area contributed by atoms with Crippen molar-refractivity contribution in [3.05, 3.63) is 0 Å². The summed E-state index contributed by atoms with van der Waals surface area (Å²) < 4.78 is 0. The Labute approximate surface area is 93.0 Å². The van der Waals surface area contributed by atoms with E-state index in [0.717, 1.165) is 13.1 Å². The van der Waals surface area contributed by atoms with Crippen molar-refractivity contribution >= 4 is 18.4 Å². The first-order valence-corrected chi connectivity index (χ1v) is 5.39. The molecule has 1 fully saturated rings. The van der Waals surface area contributed by atoms with Gasteiger partial charge in [-0.25, -0.2) is 0 Å². The molecular formula is C10H22ClN3. The maximum absolute atomic E-state index is 7.39. The number of halogens is 1. The van der Waals surface area contributed by atoms with Gasteiger partial charge in [0, 0.05) is 13.1 Å². The Kier molecular flexibility index (Phi) is 7.67. The summed E-state index contributed by atoms with van der Waals surface area (Å²) in [7, 11) is 0. The lowest BCUT2D eigenvalue weighted by Crippen LogP contribution is -2.38. The van der Waals surface area contributed by atoms with Gasteiger partial charge in [-0.3, -0.25) is 5.41 Å². The van der Waals surface area contributed by atoms with Crippen molar-refractivity contribution in [1.29, 1.82) is 5.41 Å². The highest BCUT2D eigenvalue weighted by atomic mass is 35.5. The van der Waals surface area contributed by atoms with Crippen LogP contribution in [0.2, 0.25) is 0 Å². The van der Waals surface area contributed by atoms with Crippen LogP contribution in [0.1, 0.15) is 44.9 Å². The van der Waals surface area contributed by atoms with Gasteiger partial charge in [-0.2, -0.15) is 0 Å². The van der Waals surface area contributed by atoms with Gasteiger partial charge >= 0.3 is 0 Å². The largest absolute Gasteiger partial charge is 0.370 e. The second kappa shape index (κ2) is 7.92. The molecule has 0 saturated carbocycles. The number of hydrogen-bond donors (Lipinski definition) is 2. The zero-order valence-corrected chi connectivity index (χ0v) is 9.61. The van der Waals surface area contributed by atoms with E-state index in [1.807, 2.05) is 4.90 Å². The third-order valence-corrected chi connectivity index (χ3v) is 2.70. The van der Waals surface area contributed by atoms with Crippen LogP contribution in [-0.4, -0.2) is 23.9 Å². The van der Waals surface area contributed by atoms with Crippen LogP contribution < -0.4 is 5.73 Å². The predicted molar refractivity (Wildman–Crippen MR) is 63.1 cm³/mol. The molecule has 0 aliphatic carbocycles. The van der Waals surface area contributed by atoms with Gasteiger partial charge in [0.15, 0.2) is 5.96 Å². The molecule has 4 heteroatoms. The van der Waals surface area contributed by atoms with Gasteiger partial charge in [-0.05, 0) is 12.8 Å². The Bertz CT molecular complexity index is 151. The van der Waals surface area contributed by atoms with Gasteiger partial charge in [0.05, 0.1) is 0 Å². The van der Waals surface area contributed by atoms with Crippen LogP contribution in [0.5, 0.6) is 0 Å². The molecule has 0 aromatic carbocycles. The molecule has 1 aliphatic heterocycles. The SMILES string of the molecule is Cl.N=C(N)N1CCCCCCCCC1. The van der Waals surface area contributed by atoms with Crippen molar-refractivity contribution in [2.45, 2.75) is 44.9 Å². The van der Waals surface area contributed by atoms with Gasteiger partial charge in [0.25, 0.3) is 0 Å². The summed E-state index contributed by atoms with van der Waals surface area (Å²) in [6.45, 7) is 1.96. The summed E-state index contributed by atoms with van der Waals surface area (Å²) in [6, 6.07) is 0. The number of hydrogen-bond acceptors (Lipinski definition) is 1. The van der Waals surface area contributed by atoms with E-state index in [2.05, 4.69) is 0 Å². The molecule has 0 spiro atoms. The van der Waals surface area contributed by atoms with E-state index in [1.54, 1.807) is 0 Å². The fourth-order valence-electron chi connectivity index (χ4n) is 1.84. The third-order valence-electron chi connectivity index (χ3n) is 2.70. The summed E-state index contributed by atoms with van der Waals surface area (Å²) >= 11 is 0. The predicted octanol–water partition coefficient (Wildman–Crippen LogP) is 2.35. The van der Waals surface area contributed by atoms with E-state index in [4.69, 9.17) is 11.1 Å². The monoisotopic (exact) mass is 219 g/mol. The second-order valence-corrected chi connectivity index (χ2v) is 3.85. The highest BCUT2D eigenvalue weighted by Gasteiger charge is 2.06. The normalized spacial score (nSPS) is 19.6. The van der Waals surface area contributed by atoms with E-state index >= 15 is 0 Å². The van der Waals surface area contributed by atoms with Gasteiger partial charge < -0.3 is 10.6 Å². The van der Waals surface area contributed by atoms with Crippen molar-refractivity contribution in [2.75, 3.05) is 13.1 Å². The topological polar surface area (TPSA) is 53.1 Å². The maximum atomic E-state index is 7.39. The Morgan fingerprint density at radius 1 is 0.857 bits per heavy atom. The Morgan fingerprint density at radius 3 is 1.57 bits per heavy atom. The van der Waals surface area contributed by atoms with Crippen LogP contribution >= 0.6 is 12.4 Å². The lowest BCUT2D eigenvalue weighted by molar-refractivity contribution is 0.367. The first kappa shape index (κ1) is 13.6. The molecule has 1 saturated heterocycles. The van der Waals surface area contributed by atoms with Crippen molar-refractivity contribution in [2.24, 2.45) is 5.73 Å². The standard InChI is InChI=1S/C10H21N3.ClH/c11-10(12)13-8-6-4-2-1-3-5-7-9-13;/h1-9H2,(H3,11,12);1H. The van der Waals surface area contributed by atoms with Crippen molar-refractivity contribution < 1.29 is 0 Å². The van der Waals surface area contributed by atoms with Gasteiger partial charge in [0.2, 0.25) is 0 Å². The number of rotatable bonds is 0. The fourth-order valence-corrected chi connectivity index (χ4v) is 1.84.